The van der Waals surface area contributed by atoms with Gasteiger partial charge in [-0.2, -0.15) is 5.26 Å². The normalized spacial score (nSPS) is 13.5. The molecule has 116 valence electrons. The van der Waals surface area contributed by atoms with E-state index < -0.39 is 5.54 Å². The summed E-state index contributed by atoms with van der Waals surface area (Å²) in [6.45, 7) is 8.60. The minimum Gasteiger partial charge on any atom is -0.372 e. The van der Waals surface area contributed by atoms with Crippen LogP contribution in [0.4, 0.5) is 10.1 Å². The zero-order valence-corrected chi connectivity index (χ0v) is 13.3. The minimum atomic E-state index is -0.475. The maximum absolute atomic E-state index is 13.3. The molecule has 1 aromatic carbocycles. The average Bonchev–Trinajstić information content (AvgIpc) is 2.49. The van der Waals surface area contributed by atoms with Gasteiger partial charge < -0.3 is 4.90 Å². The van der Waals surface area contributed by atoms with Gasteiger partial charge in [-0.3, -0.25) is 5.32 Å². The lowest BCUT2D eigenvalue weighted by Crippen LogP contribution is -2.42. The van der Waals surface area contributed by atoms with Crippen molar-refractivity contribution in [2.45, 2.75) is 45.6 Å². The molecule has 1 aromatic rings. The SMILES string of the molecule is CCCNC(C)(C#N)CCCN(CC)c1cccc(F)c1. The summed E-state index contributed by atoms with van der Waals surface area (Å²) >= 11 is 0. The number of benzene rings is 1. The van der Waals surface area contributed by atoms with Crippen molar-refractivity contribution in [3.63, 3.8) is 0 Å². The minimum absolute atomic E-state index is 0.211. The first-order valence-corrected chi connectivity index (χ1v) is 7.71. The largest absolute Gasteiger partial charge is 0.372 e. The second-order valence-electron chi connectivity index (χ2n) is 5.53. The van der Waals surface area contributed by atoms with Crippen LogP contribution in [0.1, 0.15) is 40.0 Å². The first-order valence-electron chi connectivity index (χ1n) is 7.71. The fraction of sp³-hybridized carbons (Fsp3) is 0.588. The summed E-state index contributed by atoms with van der Waals surface area (Å²) in [5, 5.41) is 12.6. The third kappa shape index (κ3) is 5.73. The van der Waals surface area contributed by atoms with Gasteiger partial charge in [0.05, 0.1) is 6.07 Å². The molecule has 4 heteroatoms. The van der Waals surface area contributed by atoms with Gasteiger partial charge in [0.25, 0.3) is 0 Å². The van der Waals surface area contributed by atoms with Gasteiger partial charge >= 0.3 is 0 Å². The van der Waals surface area contributed by atoms with E-state index in [1.54, 1.807) is 12.1 Å². The summed E-state index contributed by atoms with van der Waals surface area (Å²) < 4.78 is 13.3. The molecule has 0 amide bonds. The quantitative estimate of drug-likeness (QED) is 0.754. The van der Waals surface area contributed by atoms with E-state index in [0.29, 0.717) is 0 Å². The van der Waals surface area contributed by atoms with Crippen LogP contribution >= 0.6 is 0 Å². The van der Waals surface area contributed by atoms with Crippen molar-refractivity contribution >= 4 is 5.69 Å². The van der Waals surface area contributed by atoms with E-state index in [1.807, 2.05) is 13.0 Å². The lowest BCUT2D eigenvalue weighted by molar-refractivity contribution is 0.407. The Balaban J connectivity index is 2.54. The maximum Gasteiger partial charge on any atom is 0.125 e. The molecule has 3 nitrogen and oxygen atoms in total. The highest BCUT2D eigenvalue weighted by Gasteiger charge is 2.22. The van der Waals surface area contributed by atoms with E-state index in [-0.39, 0.29) is 5.82 Å². The van der Waals surface area contributed by atoms with E-state index >= 15 is 0 Å². The molecule has 0 saturated heterocycles. The van der Waals surface area contributed by atoms with Gasteiger partial charge in [-0.15, -0.1) is 0 Å². The van der Waals surface area contributed by atoms with Crippen molar-refractivity contribution in [2.24, 2.45) is 0 Å². The van der Waals surface area contributed by atoms with Gasteiger partial charge in [0.1, 0.15) is 11.4 Å². The van der Waals surface area contributed by atoms with Crippen LogP contribution in [0.3, 0.4) is 0 Å². The topological polar surface area (TPSA) is 39.1 Å². The second-order valence-corrected chi connectivity index (χ2v) is 5.53. The van der Waals surface area contributed by atoms with Crippen LogP contribution < -0.4 is 10.2 Å². The molecule has 0 fully saturated rings. The Morgan fingerprint density at radius 3 is 2.71 bits per heavy atom. The van der Waals surface area contributed by atoms with Crippen LogP contribution in [0.5, 0.6) is 0 Å². The third-order valence-electron chi connectivity index (χ3n) is 3.67. The van der Waals surface area contributed by atoms with E-state index in [0.717, 1.165) is 44.6 Å². The fourth-order valence-electron chi connectivity index (χ4n) is 2.35. The standard InChI is InChI=1S/C17H26FN3/c1-4-11-20-17(3,14-19)10-7-12-21(5-2)16-9-6-8-15(18)13-16/h6,8-9,13,20H,4-5,7,10-12H2,1-3H3. The summed E-state index contributed by atoms with van der Waals surface area (Å²) in [4.78, 5) is 2.14. The molecule has 1 rings (SSSR count). The Morgan fingerprint density at radius 1 is 1.38 bits per heavy atom. The summed E-state index contributed by atoms with van der Waals surface area (Å²) in [6.07, 6.45) is 2.70. The number of nitrogens with zero attached hydrogens (tertiary/aromatic N) is 2. The highest BCUT2D eigenvalue weighted by molar-refractivity contribution is 5.46. The van der Waals surface area contributed by atoms with Crippen molar-refractivity contribution in [1.82, 2.24) is 5.32 Å². The number of hydrogen-bond acceptors (Lipinski definition) is 3. The third-order valence-corrected chi connectivity index (χ3v) is 3.67. The van der Waals surface area contributed by atoms with Crippen molar-refractivity contribution in [1.29, 1.82) is 5.26 Å². The number of nitriles is 1. The van der Waals surface area contributed by atoms with Crippen molar-refractivity contribution < 1.29 is 4.39 Å². The van der Waals surface area contributed by atoms with Gasteiger partial charge in [0, 0.05) is 18.8 Å². The summed E-state index contributed by atoms with van der Waals surface area (Å²) in [7, 11) is 0. The summed E-state index contributed by atoms with van der Waals surface area (Å²) in [5.41, 5.74) is 0.426. The fourth-order valence-corrected chi connectivity index (χ4v) is 2.35. The van der Waals surface area contributed by atoms with Crippen molar-refractivity contribution in [3.05, 3.63) is 30.1 Å². The summed E-state index contributed by atoms with van der Waals surface area (Å²) in [5.74, 6) is -0.211. The Kier molecular flexibility index (Phi) is 7.18. The van der Waals surface area contributed by atoms with Gasteiger partial charge in [-0.05, 0) is 57.9 Å². The van der Waals surface area contributed by atoms with Gasteiger partial charge in [0.15, 0.2) is 0 Å². The molecule has 21 heavy (non-hydrogen) atoms. The van der Waals surface area contributed by atoms with E-state index in [1.165, 1.54) is 6.07 Å². The van der Waals surface area contributed by atoms with Gasteiger partial charge in [0.2, 0.25) is 0 Å². The van der Waals surface area contributed by atoms with Crippen LogP contribution in [-0.2, 0) is 0 Å². The highest BCUT2D eigenvalue weighted by atomic mass is 19.1. The number of anilines is 1. The Hall–Kier alpha value is -1.60. The second kappa shape index (κ2) is 8.63. The van der Waals surface area contributed by atoms with Gasteiger partial charge in [-0.25, -0.2) is 4.39 Å². The monoisotopic (exact) mass is 291 g/mol. The molecule has 1 N–H and O–H groups in total. The molecule has 1 atom stereocenters. The molecule has 1 unspecified atom stereocenters. The molecular formula is C17H26FN3. The molecule has 0 aliphatic carbocycles. The zero-order valence-electron chi connectivity index (χ0n) is 13.3. The molecule has 0 bridgehead atoms. The van der Waals surface area contributed by atoms with Gasteiger partial charge in [-0.1, -0.05) is 13.0 Å². The Bertz CT molecular complexity index is 469. The molecule has 0 aliphatic heterocycles. The van der Waals surface area contributed by atoms with E-state index in [4.69, 9.17) is 0 Å². The molecular weight excluding hydrogens is 265 g/mol. The van der Waals surface area contributed by atoms with E-state index in [2.05, 4.69) is 30.1 Å². The predicted octanol–water partition coefficient (Wildman–Crippen LogP) is 3.71. The predicted molar refractivity (Wildman–Crippen MR) is 85.8 cm³/mol. The number of rotatable bonds is 9. The molecule has 0 radical (unpaired) electrons. The molecule has 0 spiro atoms. The van der Waals surface area contributed by atoms with Crippen LogP contribution in [0.2, 0.25) is 0 Å². The smallest absolute Gasteiger partial charge is 0.125 e. The lowest BCUT2D eigenvalue weighted by atomic mass is 9.97. The number of nitrogens with one attached hydrogen (secondary N) is 1. The molecule has 0 heterocycles. The molecule has 0 aromatic heterocycles. The zero-order chi connectivity index (χ0) is 15.7. The van der Waals surface area contributed by atoms with E-state index in [9.17, 15) is 9.65 Å². The number of halogens is 1. The van der Waals surface area contributed by atoms with Crippen molar-refractivity contribution in [3.8, 4) is 6.07 Å². The van der Waals surface area contributed by atoms with Crippen LogP contribution in [0.25, 0.3) is 0 Å². The first kappa shape index (κ1) is 17.5. The molecule has 0 aliphatic rings. The lowest BCUT2D eigenvalue weighted by Gasteiger charge is -2.27. The first-order chi connectivity index (χ1) is 10.0. The summed E-state index contributed by atoms with van der Waals surface area (Å²) in [6, 6.07) is 9.03. The molecule has 0 saturated carbocycles. The Morgan fingerprint density at radius 2 is 2.14 bits per heavy atom. The number of hydrogen-bond donors (Lipinski definition) is 1. The average molecular weight is 291 g/mol. The van der Waals surface area contributed by atoms with Crippen LogP contribution in [0.15, 0.2) is 24.3 Å². The Labute approximate surface area is 127 Å². The van der Waals surface area contributed by atoms with Crippen LogP contribution in [-0.4, -0.2) is 25.2 Å². The van der Waals surface area contributed by atoms with Crippen molar-refractivity contribution in [2.75, 3.05) is 24.5 Å². The maximum atomic E-state index is 13.3. The van der Waals surface area contributed by atoms with Crippen LogP contribution in [0, 0.1) is 17.1 Å². The highest BCUT2D eigenvalue weighted by Crippen LogP contribution is 2.18.